The summed E-state index contributed by atoms with van der Waals surface area (Å²) in [7, 11) is 1.53. The molecule has 7 nitrogen and oxygen atoms in total. The molecular formula is C7H9BrN4O3. The number of imidazole rings is 1. The Bertz CT molecular complexity index is 415. The first-order valence-corrected chi connectivity index (χ1v) is 5.17. The minimum absolute atomic E-state index is 0.0994. The Kier molecular flexibility index (Phi) is 3.40. The third-order valence-electron chi connectivity index (χ3n) is 1.92. The number of rotatable bonds is 4. The highest BCUT2D eigenvalue weighted by atomic mass is 79.9. The number of halogens is 1. The van der Waals surface area contributed by atoms with E-state index >= 15 is 0 Å². The monoisotopic (exact) mass is 276 g/mol. The normalized spacial score (nSPS) is 10.3. The number of nitro groups is 1. The summed E-state index contributed by atoms with van der Waals surface area (Å²) in [6.45, 7) is 0. The van der Waals surface area contributed by atoms with Crippen molar-refractivity contribution in [3.63, 3.8) is 0 Å². The van der Waals surface area contributed by atoms with E-state index in [1.165, 1.54) is 11.6 Å². The number of hydrogen-bond acceptors (Lipinski definition) is 4. The van der Waals surface area contributed by atoms with Crippen molar-refractivity contribution < 1.29 is 9.72 Å². The Labute approximate surface area is 93.6 Å². The summed E-state index contributed by atoms with van der Waals surface area (Å²) < 4.78 is 1.35. The van der Waals surface area contributed by atoms with Crippen LogP contribution < -0.4 is 5.73 Å². The van der Waals surface area contributed by atoms with Gasteiger partial charge in [-0.1, -0.05) is 15.9 Å². The second-order valence-corrected chi connectivity index (χ2v) is 3.62. The van der Waals surface area contributed by atoms with Crippen LogP contribution in [0.4, 0.5) is 5.82 Å². The zero-order valence-corrected chi connectivity index (χ0v) is 9.52. The van der Waals surface area contributed by atoms with Crippen molar-refractivity contribution in [2.75, 3.05) is 5.33 Å². The Hall–Kier alpha value is -1.44. The van der Waals surface area contributed by atoms with Gasteiger partial charge in [-0.3, -0.25) is 9.36 Å². The van der Waals surface area contributed by atoms with Crippen molar-refractivity contribution in [2.45, 2.75) is 6.42 Å². The lowest BCUT2D eigenvalue weighted by Crippen LogP contribution is -2.17. The van der Waals surface area contributed by atoms with Gasteiger partial charge in [-0.2, -0.15) is 0 Å². The molecule has 0 atom stereocenters. The zero-order valence-electron chi connectivity index (χ0n) is 7.94. The maximum atomic E-state index is 10.9. The minimum Gasteiger partial charge on any atom is -0.361 e. The van der Waals surface area contributed by atoms with E-state index < -0.39 is 10.8 Å². The molecule has 15 heavy (non-hydrogen) atoms. The number of alkyl halides is 1. The van der Waals surface area contributed by atoms with Gasteiger partial charge < -0.3 is 15.8 Å². The van der Waals surface area contributed by atoms with Crippen molar-refractivity contribution in [1.82, 2.24) is 9.55 Å². The fourth-order valence-electron chi connectivity index (χ4n) is 1.25. The zero-order chi connectivity index (χ0) is 11.6. The van der Waals surface area contributed by atoms with Gasteiger partial charge in [0.05, 0.1) is 0 Å². The fraction of sp³-hybridized carbons (Fsp3) is 0.429. The summed E-state index contributed by atoms with van der Waals surface area (Å²) in [6, 6.07) is 0. The average Bonchev–Trinajstić information content (AvgIpc) is 2.45. The molecule has 1 aromatic rings. The van der Waals surface area contributed by atoms with Gasteiger partial charge in [0.25, 0.3) is 0 Å². The van der Waals surface area contributed by atoms with Crippen molar-refractivity contribution >= 4 is 27.7 Å². The summed E-state index contributed by atoms with van der Waals surface area (Å²) in [5.74, 6) is -1.19. The number of carbonyl (C=O) groups is 1. The van der Waals surface area contributed by atoms with Crippen molar-refractivity contribution in [3.8, 4) is 0 Å². The third kappa shape index (κ3) is 2.14. The van der Waals surface area contributed by atoms with Gasteiger partial charge in [-0.25, -0.2) is 0 Å². The summed E-state index contributed by atoms with van der Waals surface area (Å²) >= 11 is 3.17. The molecule has 82 valence electrons. The lowest BCUT2D eigenvalue weighted by Gasteiger charge is -1.99. The number of primary amides is 1. The van der Waals surface area contributed by atoms with Gasteiger partial charge in [-0.05, 0) is 9.91 Å². The molecule has 2 N–H and O–H groups in total. The number of nitrogens with zero attached hydrogens (tertiary/aromatic N) is 3. The van der Waals surface area contributed by atoms with Gasteiger partial charge in [-0.15, -0.1) is 0 Å². The predicted molar refractivity (Wildman–Crippen MR) is 55.9 cm³/mol. The van der Waals surface area contributed by atoms with E-state index in [2.05, 4.69) is 20.9 Å². The highest BCUT2D eigenvalue weighted by Gasteiger charge is 2.27. The molecule has 0 aromatic carbocycles. The second kappa shape index (κ2) is 4.39. The number of hydrogen-bond donors (Lipinski definition) is 1. The molecule has 8 heteroatoms. The van der Waals surface area contributed by atoms with E-state index in [1.807, 2.05) is 0 Å². The van der Waals surface area contributed by atoms with E-state index in [4.69, 9.17) is 5.73 Å². The van der Waals surface area contributed by atoms with E-state index in [1.54, 1.807) is 0 Å². The Morgan fingerprint density at radius 1 is 1.73 bits per heavy atom. The van der Waals surface area contributed by atoms with Crippen molar-refractivity contribution in [3.05, 3.63) is 21.6 Å². The van der Waals surface area contributed by atoms with Crippen LogP contribution in [-0.2, 0) is 13.5 Å². The maximum absolute atomic E-state index is 10.9. The van der Waals surface area contributed by atoms with Crippen LogP contribution in [0.15, 0.2) is 0 Å². The number of nitrogens with two attached hydrogens (primary N) is 1. The summed E-state index contributed by atoms with van der Waals surface area (Å²) in [5.41, 5.74) is 5.42. The van der Waals surface area contributed by atoms with E-state index in [0.29, 0.717) is 17.4 Å². The van der Waals surface area contributed by atoms with Crippen molar-refractivity contribution in [1.29, 1.82) is 0 Å². The van der Waals surface area contributed by atoms with E-state index in [9.17, 15) is 14.9 Å². The SMILES string of the molecule is Cn1c(C(N)=O)nc([N+](=O)[O-])c1CCBr. The van der Waals surface area contributed by atoms with Gasteiger partial charge in [0, 0.05) is 18.8 Å². The highest BCUT2D eigenvalue weighted by molar-refractivity contribution is 9.09. The largest absolute Gasteiger partial charge is 0.385 e. The standard InChI is InChI=1S/C7H9BrN4O3/c1-11-4(2-3-8)6(12(14)15)10-7(11)5(9)13/h2-3H2,1H3,(H2,9,13). The van der Waals surface area contributed by atoms with Crippen LogP contribution in [-0.4, -0.2) is 25.7 Å². The van der Waals surface area contributed by atoms with Gasteiger partial charge in [0.15, 0.2) is 0 Å². The lowest BCUT2D eigenvalue weighted by molar-refractivity contribution is -0.390. The smallest absolute Gasteiger partial charge is 0.361 e. The van der Waals surface area contributed by atoms with Gasteiger partial charge >= 0.3 is 17.5 Å². The Morgan fingerprint density at radius 2 is 2.33 bits per heavy atom. The fourth-order valence-corrected chi connectivity index (χ4v) is 1.63. The molecule has 0 saturated carbocycles. The molecular weight excluding hydrogens is 268 g/mol. The molecule has 1 rings (SSSR count). The minimum atomic E-state index is -0.776. The molecule has 1 amide bonds. The van der Waals surface area contributed by atoms with Gasteiger partial charge in [0.1, 0.15) is 5.69 Å². The molecule has 0 spiro atoms. The number of aromatic nitrogens is 2. The molecule has 0 fully saturated rings. The average molecular weight is 277 g/mol. The topological polar surface area (TPSA) is 104 Å². The van der Waals surface area contributed by atoms with Crippen LogP contribution in [0.25, 0.3) is 0 Å². The molecule has 0 aliphatic carbocycles. The van der Waals surface area contributed by atoms with Crippen molar-refractivity contribution in [2.24, 2.45) is 12.8 Å². The summed E-state index contributed by atoms with van der Waals surface area (Å²) in [6.07, 6.45) is 0.410. The van der Waals surface area contributed by atoms with Crippen LogP contribution in [0.2, 0.25) is 0 Å². The highest BCUT2D eigenvalue weighted by Crippen LogP contribution is 2.19. The van der Waals surface area contributed by atoms with Crippen LogP contribution in [0.5, 0.6) is 0 Å². The number of carbonyl (C=O) groups excluding carboxylic acids is 1. The van der Waals surface area contributed by atoms with Crippen LogP contribution in [0.3, 0.4) is 0 Å². The van der Waals surface area contributed by atoms with Crippen LogP contribution in [0, 0.1) is 10.1 Å². The Balaban J connectivity index is 3.32. The molecule has 0 aliphatic heterocycles. The quantitative estimate of drug-likeness (QED) is 0.487. The van der Waals surface area contributed by atoms with E-state index in [0.717, 1.165) is 0 Å². The third-order valence-corrected chi connectivity index (χ3v) is 2.31. The van der Waals surface area contributed by atoms with E-state index in [-0.39, 0.29) is 11.6 Å². The first-order chi connectivity index (χ1) is 6.99. The van der Waals surface area contributed by atoms with Crippen LogP contribution in [0.1, 0.15) is 16.3 Å². The number of amides is 1. The predicted octanol–water partition coefficient (Wildman–Crippen LogP) is 0.365. The summed E-state index contributed by atoms with van der Waals surface area (Å²) in [5, 5.41) is 11.2. The van der Waals surface area contributed by atoms with Crippen LogP contribution >= 0.6 is 15.9 Å². The lowest BCUT2D eigenvalue weighted by atomic mass is 10.3. The van der Waals surface area contributed by atoms with Gasteiger partial charge in [0.2, 0.25) is 0 Å². The summed E-state index contributed by atoms with van der Waals surface area (Å²) in [4.78, 5) is 24.5. The second-order valence-electron chi connectivity index (χ2n) is 2.83. The first kappa shape index (κ1) is 11.6. The molecule has 1 heterocycles. The molecule has 0 bridgehead atoms. The first-order valence-electron chi connectivity index (χ1n) is 4.04. The molecule has 0 saturated heterocycles. The molecule has 0 aliphatic rings. The molecule has 1 aromatic heterocycles. The Morgan fingerprint density at radius 3 is 2.73 bits per heavy atom. The molecule has 0 unspecified atom stereocenters. The maximum Gasteiger partial charge on any atom is 0.385 e. The molecule has 0 radical (unpaired) electrons.